The first kappa shape index (κ1) is 8.59. The molecule has 12 heavy (non-hydrogen) atoms. The van der Waals surface area contributed by atoms with Gasteiger partial charge in [0.2, 0.25) is 6.41 Å². The first-order valence-electron chi connectivity index (χ1n) is 3.79. The third-order valence-corrected chi connectivity index (χ3v) is 1.63. The van der Waals surface area contributed by atoms with Crippen LogP contribution in [0, 0.1) is 0 Å². The summed E-state index contributed by atoms with van der Waals surface area (Å²) < 4.78 is 0. The van der Waals surface area contributed by atoms with E-state index in [0.29, 0.717) is 12.2 Å². The van der Waals surface area contributed by atoms with E-state index in [1.807, 2.05) is 6.92 Å². The van der Waals surface area contributed by atoms with Gasteiger partial charge in [-0.15, -0.1) is 0 Å². The largest absolute Gasteiger partial charge is 0.508 e. The predicted octanol–water partition coefficient (Wildman–Crippen LogP) is 1.37. The minimum Gasteiger partial charge on any atom is -0.508 e. The van der Waals surface area contributed by atoms with Gasteiger partial charge in [-0.2, -0.15) is 0 Å². The molecule has 0 radical (unpaired) electrons. The highest BCUT2D eigenvalue weighted by atomic mass is 16.3. The second-order valence-electron chi connectivity index (χ2n) is 2.41. The SMILES string of the molecule is CCN(C=O)c1cccc(O)c1. The van der Waals surface area contributed by atoms with E-state index in [2.05, 4.69) is 0 Å². The summed E-state index contributed by atoms with van der Waals surface area (Å²) in [5.41, 5.74) is 0.715. The summed E-state index contributed by atoms with van der Waals surface area (Å²) in [5.74, 6) is 0.174. The molecular weight excluding hydrogens is 154 g/mol. The van der Waals surface area contributed by atoms with Crippen molar-refractivity contribution in [3.05, 3.63) is 24.3 Å². The van der Waals surface area contributed by atoms with Crippen LogP contribution >= 0.6 is 0 Å². The van der Waals surface area contributed by atoms with Gasteiger partial charge in [0.05, 0.1) is 0 Å². The van der Waals surface area contributed by atoms with Crippen molar-refractivity contribution in [1.82, 2.24) is 0 Å². The maximum atomic E-state index is 10.5. The molecule has 0 spiro atoms. The van der Waals surface area contributed by atoms with Crippen molar-refractivity contribution >= 4 is 12.1 Å². The Kier molecular flexibility index (Phi) is 2.69. The molecule has 0 fully saturated rings. The molecule has 0 heterocycles. The van der Waals surface area contributed by atoms with Crippen molar-refractivity contribution in [3.8, 4) is 5.75 Å². The topological polar surface area (TPSA) is 40.5 Å². The van der Waals surface area contributed by atoms with Gasteiger partial charge in [0.25, 0.3) is 0 Å². The number of hydrogen-bond acceptors (Lipinski definition) is 2. The number of carbonyl (C=O) groups excluding carboxylic acids is 1. The van der Waals surface area contributed by atoms with Crippen molar-refractivity contribution < 1.29 is 9.90 Å². The Morgan fingerprint density at radius 3 is 2.83 bits per heavy atom. The fourth-order valence-electron chi connectivity index (χ4n) is 0.990. The average Bonchev–Trinajstić information content (AvgIpc) is 2.07. The van der Waals surface area contributed by atoms with E-state index < -0.39 is 0 Å². The molecule has 0 atom stereocenters. The van der Waals surface area contributed by atoms with E-state index in [1.165, 1.54) is 4.90 Å². The van der Waals surface area contributed by atoms with Crippen LogP contribution in [0.2, 0.25) is 0 Å². The Labute approximate surface area is 71.2 Å². The normalized spacial score (nSPS) is 9.42. The van der Waals surface area contributed by atoms with Gasteiger partial charge in [-0.05, 0) is 19.1 Å². The molecule has 64 valence electrons. The van der Waals surface area contributed by atoms with Crippen LogP contribution in [0.25, 0.3) is 0 Å². The smallest absolute Gasteiger partial charge is 0.214 e. The lowest BCUT2D eigenvalue weighted by molar-refractivity contribution is -0.107. The fraction of sp³-hybridized carbons (Fsp3) is 0.222. The summed E-state index contributed by atoms with van der Waals surface area (Å²) in [5, 5.41) is 9.11. The van der Waals surface area contributed by atoms with Gasteiger partial charge in [-0.1, -0.05) is 6.07 Å². The number of nitrogens with zero attached hydrogens (tertiary/aromatic N) is 1. The maximum Gasteiger partial charge on any atom is 0.214 e. The number of amides is 1. The standard InChI is InChI=1S/C9H11NO2/c1-2-10(7-11)8-4-3-5-9(12)6-8/h3-7,12H,2H2,1H3. The zero-order chi connectivity index (χ0) is 8.97. The van der Waals surface area contributed by atoms with Crippen LogP contribution in [0.15, 0.2) is 24.3 Å². The van der Waals surface area contributed by atoms with Gasteiger partial charge in [-0.3, -0.25) is 4.79 Å². The molecule has 0 saturated heterocycles. The summed E-state index contributed by atoms with van der Waals surface area (Å²) in [6.45, 7) is 2.48. The number of phenols is 1. The molecule has 0 saturated carbocycles. The lowest BCUT2D eigenvalue weighted by Gasteiger charge is -2.14. The lowest BCUT2D eigenvalue weighted by Crippen LogP contribution is -2.19. The summed E-state index contributed by atoms with van der Waals surface area (Å²) >= 11 is 0. The first-order valence-corrected chi connectivity index (χ1v) is 3.79. The quantitative estimate of drug-likeness (QED) is 0.687. The van der Waals surface area contributed by atoms with Gasteiger partial charge < -0.3 is 10.0 Å². The molecule has 0 bridgehead atoms. The molecule has 1 amide bonds. The molecule has 1 rings (SSSR count). The van der Waals surface area contributed by atoms with Gasteiger partial charge >= 0.3 is 0 Å². The number of hydrogen-bond donors (Lipinski definition) is 1. The van der Waals surface area contributed by atoms with Gasteiger partial charge in [0.1, 0.15) is 5.75 Å². The molecule has 1 N–H and O–H groups in total. The number of rotatable bonds is 3. The molecule has 1 aromatic rings. The van der Waals surface area contributed by atoms with Gasteiger partial charge in [-0.25, -0.2) is 0 Å². The first-order chi connectivity index (χ1) is 5.77. The average molecular weight is 165 g/mol. The van der Waals surface area contributed by atoms with Crippen molar-refractivity contribution in [2.24, 2.45) is 0 Å². The molecule has 3 nitrogen and oxygen atoms in total. The number of carbonyl (C=O) groups is 1. The van der Waals surface area contributed by atoms with Crippen molar-refractivity contribution in [2.45, 2.75) is 6.92 Å². The number of anilines is 1. The van der Waals surface area contributed by atoms with Crippen LogP contribution in [0.4, 0.5) is 5.69 Å². The monoisotopic (exact) mass is 165 g/mol. The third kappa shape index (κ3) is 1.75. The molecule has 0 aromatic heterocycles. The van der Waals surface area contributed by atoms with E-state index in [-0.39, 0.29) is 5.75 Å². The molecule has 0 unspecified atom stereocenters. The Bertz CT molecular complexity index is 273. The van der Waals surface area contributed by atoms with Gasteiger partial charge in [0.15, 0.2) is 0 Å². The maximum absolute atomic E-state index is 10.5. The van der Waals surface area contributed by atoms with E-state index >= 15 is 0 Å². The molecule has 0 aliphatic carbocycles. The summed E-state index contributed by atoms with van der Waals surface area (Å²) in [7, 11) is 0. The van der Waals surface area contributed by atoms with Gasteiger partial charge in [0, 0.05) is 18.3 Å². The zero-order valence-corrected chi connectivity index (χ0v) is 6.90. The lowest BCUT2D eigenvalue weighted by atomic mass is 10.3. The summed E-state index contributed by atoms with van der Waals surface area (Å²) in [6, 6.07) is 6.61. The Morgan fingerprint density at radius 1 is 1.58 bits per heavy atom. The minimum atomic E-state index is 0.174. The van der Waals surface area contributed by atoms with Crippen LogP contribution in [0.5, 0.6) is 5.75 Å². The molecule has 3 heteroatoms. The third-order valence-electron chi connectivity index (χ3n) is 1.63. The van der Waals surface area contributed by atoms with Crippen LogP contribution in [0.3, 0.4) is 0 Å². The molecule has 0 aliphatic rings. The van der Waals surface area contributed by atoms with E-state index in [1.54, 1.807) is 24.3 Å². The van der Waals surface area contributed by atoms with Crippen LogP contribution in [0.1, 0.15) is 6.92 Å². The zero-order valence-electron chi connectivity index (χ0n) is 6.90. The van der Waals surface area contributed by atoms with Crippen LogP contribution < -0.4 is 4.90 Å². The van der Waals surface area contributed by atoms with Crippen LogP contribution in [-0.2, 0) is 4.79 Å². The van der Waals surface area contributed by atoms with E-state index in [4.69, 9.17) is 5.11 Å². The second-order valence-corrected chi connectivity index (χ2v) is 2.41. The highest BCUT2D eigenvalue weighted by Gasteiger charge is 2.01. The Morgan fingerprint density at radius 2 is 2.33 bits per heavy atom. The fourth-order valence-corrected chi connectivity index (χ4v) is 0.990. The minimum absolute atomic E-state index is 0.174. The highest BCUT2D eigenvalue weighted by Crippen LogP contribution is 2.18. The molecular formula is C9H11NO2. The van der Waals surface area contributed by atoms with Crippen molar-refractivity contribution in [2.75, 3.05) is 11.4 Å². The Hall–Kier alpha value is -1.51. The highest BCUT2D eigenvalue weighted by molar-refractivity contribution is 5.75. The summed E-state index contributed by atoms with van der Waals surface area (Å²) in [6.07, 6.45) is 0.745. The predicted molar refractivity (Wildman–Crippen MR) is 47.2 cm³/mol. The molecule has 0 aliphatic heterocycles. The number of benzene rings is 1. The number of aromatic hydroxyl groups is 1. The van der Waals surface area contributed by atoms with Crippen molar-refractivity contribution in [1.29, 1.82) is 0 Å². The van der Waals surface area contributed by atoms with Crippen LogP contribution in [-0.4, -0.2) is 18.1 Å². The summed E-state index contributed by atoms with van der Waals surface area (Å²) in [4.78, 5) is 12.0. The van der Waals surface area contributed by atoms with Crippen molar-refractivity contribution in [3.63, 3.8) is 0 Å². The Balaban J connectivity index is 2.93. The second kappa shape index (κ2) is 3.76. The molecule has 1 aromatic carbocycles. The van der Waals surface area contributed by atoms with E-state index in [9.17, 15) is 4.79 Å². The van der Waals surface area contributed by atoms with E-state index in [0.717, 1.165) is 6.41 Å². The number of phenolic OH excluding ortho intramolecular Hbond substituents is 1.